The molecule has 0 bridgehead atoms. The number of nitrogens with zero attached hydrogens (tertiary/aromatic N) is 2. The van der Waals surface area contributed by atoms with Crippen LogP contribution in [0.5, 0.6) is 0 Å². The Kier molecular flexibility index (Phi) is 11.3. The van der Waals surface area contributed by atoms with E-state index in [-0.39, 0.29) is 18.4 Å². The molecule has 0 spiro atoms. The first kappa shape index (κ1) is 21.9. The fraction of sp³-hybridized carbons (Fsp3) is 0.706. The topological polar surface area (TPSA) is 87.3 Å². The monoisotopic (exact) mass is 340 g/mol. The van der Waals surface area contributed by atoms with E-state index >= 15 is 0 Å². The minimum absolute atomic E-state index is 0.0312. The average molecular weight is 340 g/mol. The van der Waals surface area contributed by atoms with Gasteiger partial charge in [-0.2, -0.15) is 0 Å². The Balaban J connectivity index is 0.000000952. The number of alkyl carbamates (subject to hydrolysis) is 1. The number of likely N-dealkylation sites (tertiary alicyclic amines) is 1. The standard InChI is InChI=1S/C12H18N4O3.C3H8.C2H6/c1-8-5-13-11(15-8)9-3-4-16(7-9)10(17)6-14-12(18)19-2;1-3-2;1-2/h5,9H,3-4,6-7H2,1-2H3,(H,13,15)(H,14,18);3H2,1-2H3;1-2H3/t9-;;/m1../s1. The summed E-state index contributed by atoms with van der Waals surface area (Å²) in [6.07, 6.45) is 3.33. The highest BCUT2D eigenvalue weighted by atomic mass is 16.5. The summed E-state index contributed by atoms with van der Waals surface area (Å²) in [5, 5.41) is 2.39. The first-order valence-electron chi connectivity index (χ1n) is 8.62. The highest BCUT2D eigenvalue weighted by Crippen LogP contribution is 2.24. The molecule has 2 amide bonds. The molecule has 1 atom stereocenters. The second kappa shape index (κ2) is 12.4. The summed E-state index contributed by atoms with van der Waals surface area (Å²) in [6, 6.07) is 0. The second-order valence-corrected chi connectivity index (χ2v) is 5.33. The van der Waals surface area contributed by atoms with Crippen molar-refractivity contribution in [3.63, 3.8) is 0 Å². The van der Waals surface area contributed by atoms with Crippen molar-refractivity contribution in [3.05, 3.63) is 17.7 Å². The molecule has 0 radical (unpaired) electrons. The lowest BCUT2D eigenvalue weighted by atomic mass is 10.1. The quantitative estimate of drug-likeness (QED) is 0.886. The van der Waals surface area contributed by atoms with E-state index in [0.29, 0.717) is 13.1 Å². The fourth-order valence-electron chi connectivity index (χ4n) is 2.18. The van der Waals surface area contributed by atoms with Crippen molar-refractivity contribution in [2.45, 2.75) is 53.4 Å². The number of nitrogens with one attached hydrogen (secondary N) is 2. The number of aromatic amines is 1. The van der Waals surface area contributed by atoms with Gasteiger partial charge in [-0.25, -0.2) is 9.78 Å². The van der Waals surface area contributed by atoms with Crippen molar-refractivity contribution in [1.29, 1.82) is 0 Å². The molecule has 2 rings (SSSR count). The predicted molar refractivity (Wildman–Crippen MR) is 95.0 cm³/mol. The van der Waals surface area contributed by atoms with Gasteiger partial charge in [0, 0.05) is 30.9 Å². The number of imidazole rings is 1. The van der Waals surface area contributed by atoms with E-state index < -0.39 is 6.09 Å². The normalized spacial score (nSPS) is 15.6. The third-order valence-corrected chi connectivity index (χ3v) is 3.22. The summed E-state index contributed by atoms with van der Waals surface area (Å²) in [4.78, 5) is 32.0. The van der Waals surface area contributed by atoms with Crippen LogP contribution >= 0.6 is 0 Å². The molecule has 2 N–H and O–H groups in total. The molecule has 1 saturated heterocycles. The summed E-state index contributed by atoms with van der Waals surface area (Å²) in [7, 11) is 1.27. The Labute approximate surface area is 145 Å². The van der Waals surface area contributed by atoms with Crippen LogP contribution in [0.4, 0.5) is 4.79 Å². The van der Waals surface area contributed by atoms with E-state index in [9.17, 15) is 9.59 Å². The number of aryl methyl sites for hydroxylation is 1. The third-order valence-electron chi connectivity index (χ3n) is 3.22. The summed E-state index contributed by atoms with van der Waals surface area (Å²) in [5.41, 5.74) is 1.02. The maximum atomic E-state index is 11.9. The Morgan fingerprint density at radius 3 is 2.54 bits per heavy atom. The smallest absolute Gasteiger partial charge is 0.407 e. The molecule has 24 heavy (non-hydrogen) atoms. The summed E-state index contributed by atoms with van der Waals surface area (Å²) < 4.78 is 4.42. The van der Waals surface area contributed by atoms with E-state index in [4.69, 9.17) is 0 Å². The van der Waals surface area contributed by atoms with Gasteiger partial charge in [-0.3, -0.25) is 4.79 Å². The third kappa shape index (κ3) is 7.48. The van der Waals surface area contributed by atoms with Crippen LogP contribution in [-0.4, -0.2) is 53.6 Å². The number of hydrogen-bond donors (Lipinski definition) is 2. The summed E-state index contributed by atoms with van der Waals surface area (Å²) >= 11 is 0. The molecule has 1 aliphatic heterocycles. The van der Waals surface area contributed by atoms with Crippen molar-refractivity contribution in [2.75, 3.05) is 26.7 Å². The van der Waals surface area contributed by atoms with Crippen molar-refractivity contribution in [3.8, 4) is 0 Å². The molecular weight excluding hydrogens is 308 g/mol. The van der Waals surface area contributed by atoms with Crippen molar-refractivity contribution in [1.82, 2.24) is 20.2 Å². The van der Waals surface area contributed by atoms with Crippen LogP contribution in [0.1, 0.15) is 58.0 Å². The molecule has 7 nitrogen and oxygen atoms in total. The van der Waals surface area contributed by atoms with Crippen LogP contribution in [0.25, 0.3) is 0 Å². The van der Waals surface area contributed by atoms with Gasteiger partial charge in [0.25, 0.3) is 0 Å². The van der Waals surface area contributed by atoms with E-state index in [1.54, 1.807) is 11.1 Å². The molecule has 1 aliphatic rings. The molecule has 1 aromatic rings. The SMILES string of the molecule is CC.CCC.COC(=O)NCC(=O)N1CC[C@@H](c2ncc(C)[nH]2)C1. The highest BCUT2D eigenvalue weighted by molar-refractivity contribution is 5.82. The number of aromatic nitrogens is 2. The molecule has 7 heteroatoms. The van der Waals surface area contributed by atoms with Crippen LogP contribution < -0.4 is 5.32 Å². The minimum atomic E-state index is -0.592. The summed E-state index contributed by atoms with van der Waals surface area (Å²) in [5.74, 6) is 1.07. The highest BCUT2D eigenvalue weighted by Gasteiger charge is 2.28. The Morgan fingerprint density at radius 1 is 1.42 bits per heavy atom. The van der Waals surface area contributed by atoms with Gasteiger partial charge < -0.3 is 19.9 Å². The molecule has 0 saturated carbocycles. The Morgan fingerprint density at radius 2 is 2.04 bits per heavy atom. The number of rotatable bonds is 3. The average Bonchev–Trinajstić information content (AvgIpc) is 3.23. The largest absolute Gasteiger partial charge is 0.453 e. The van der Waals surface area contributed by atoms with Crippen molar-refractivity contribution in [2.24, 2.45) is 0 Å². The van der Waals surface area contributed by atoms with Crippen LogP contribution in [0, 0.1) is 6.92 Å². The van der Waals surface area contributed by atoms with Crippen molar-refractivity contribution < 1.29 is 14.3 Å². The Bertz CT molecular complexity index is 488. The minimum Gasteiger partial charge on any atom is -0.453 e. The molecule has 1 aromatic heterocycles. The molecule has 0 aromatic carbocycles. The van der Waals surface area contributed by atoms with Gasteiger partial charge in [0.2, 0.25) is 5.91 Å². The maximum absolute atomic E-state index is 11.9. The Hall–Kier alpha value is -2.05. The molecular formula is C17H32N4O3. The first-order valence-corrected chi connectivity index (χ1v) is 8.62. The van der Waals surface area contributed by atoms with Gasteiger partial charge in [-0.05, 0) is 13.3 Å². The lowest BCUT2D eigenvalue weighted by Gasteiger charge is -2.16. The number of carbonyl (C=O) groups excluding carboxylic acids is 2. The number of ether oxygens (including phenoxy) is 1. The molecule has 0 aliphatic carbocycles. The summed E-state index contributed by atoms with van der Waals surface area (Å²) in [6.45, 7) is 11.5. The van der Waals surface area contributed by atoms with E-state index in [2.05, 4.69) is 33.9 Å². The van der Waals surface area contributed by atoms with E-state index in [0.717, 1.165) is 17.9 Å². The van der Waals surface area contributed by atoms with Gasteiger partial charge in [0.05, 0.1) is 7.11 Å². The lowest BCUT2D eigenvalue weighted by molar-refractivity contribution is -0.129. The number of methoxy groups -OCH3 is 1. The number of carbonyl (C=O) groups is 2. The molecule has 138 valence electrons. The van der Waals surface area contributed by atoms with E-state index in [1.165, 1.54) is 13.5 Å². The number of amides is 2. The zero-order chi connectivity index (χ0) is 18.5. The van der Waals surface area contributed by atoms with Gasteiger partial charge >= 0.3 is 6.09 Å². The van der Waals surface area contributed by atoms with E-state index in [1.807, 2.05) is 20.8 Å². The first-order chi connectivity index (χ1) is 11.5. The van der Waals surface area contributed by atoms with Crippen LogP contribution in [0.15, 0.2) is 6.20 Å². The van der Waals surface area contributed by atoms with Gasteiger partial charge in [-0.15, -0.1) is 0 Å². The molecule has 2 heterocycles. The second-order valence-electron chi connectivity index (χ2n) is 5.33. The van der Waals surface area contributed by atoms with Crippen LogP contribution in [0.3, 0.4) is 0 Å². The van der Waals surface area contributed by atoms with Crippen LogP contribution in [-0.2, 0) is 9.53 Å². The number of hydrogen-bond acceptors (Lipinski definition) is 4. The zero-order valence-corrected chi connectivity index (χ0v) is 15.8. The van der Waals surface area contributed by atoms with Gasteiger partial charge in [0.15, 0.2) is 0 Å². The molecule has 1 fully saturated rings. The van der Waals surface area contributed by atoms with Gasteiger partial charge in [-0.1, -0.05) is 34.1 Å². The zero-order valence-electron chi connectivity index (χ0n) is 15.8. The predicted octanol–water partition coefficient (Wildman–Crippen LogP) is 2.83. The molecule has 0 unspecified atom stereocenters. The number of H-pyrrole nitrogens is 1. The van der Waals surface area contributed by atoms with Crippen molar-refractivity contribution >= 4 is 12.0 Å². The van der Waals surface area contributed by atoms with Gasteiger partial charge in [0.1, 0.15) is 12.4 Å². The maximum Gasteiger partial charge on any atom is 0.407 e. The fourth-order valence-corrected chi connectivity index (χ4v) is 2.18. The lowest BCUT2D eigenvalue weighted by Crippen LogP contribution is -2.38. The van der Waals surface area contributed by atoms with Crippen LogP contribution in [0.2, 0.25) is 0 Å².